The summed E-state index contributed by atoms with van der Waals surface area (Å²) in [6.07, 6.45) is 4.54. The van der Waals surface area contributed by atoms with Gasteiger partial charge in [0.2, 0.25) is 5.91 Å². The maximum absolute atomic E-state index is 12.4. The number of aliphatic hydroxyl groups excluding tert-OH is 1. The van der Waals surface area contributed by atoms with E-state index >= 15 is 0 Å². The minimum Gasteiger partial charge on any atom is -0.477 e. The number of aliphatic carboxylic acids is 1. The van der Waals surface area contributed by atoms with Crippen LogP contribution >= 0.6 is 11.8 Å². The molecule has 5 N–H and O–H groups in total. The standard InChI is InChI=1S/C19H29N3O4S/c1-8-15-14(9(2)23)18(24)22(15)16(19(25)26)17(8)27-13-6-12(7-13)21-11-4-3-10(20)5-11/h8-15,21,23H,3-7,20H2,1-2H3,(H,25,26)/t8-,9-,10+,11-,12-,13-,14-,15-/m1/s1. The Morgan fingerprint density at radius 2 is 2.00 bits per heavy atom. The summed E-state index contributed by atoms with van der Waals surface area (Å²) in [5.41, 5.74) is 6.11. The van der Waals surface area contributed by atoms with E-state index in [4.69, 9.17) is 5.73 Å². The first-order valence-corrected chi connectivity index (χ1v) is 10.8. The normalized spacial score (nSPS) is 42.0. The minimum absolute atomic E-state index is 0.0433. The monoisotopic (exact) mass is 395 g/mol. The molecule has 0 spiro atoms. The van der Waals surface area contributed by atoms with Gasteiger partial charge in [-0.15, -0.1) is 11.8 Å². The van der Waals surface area contributed by atoms with Gasteiger partial charge in [-0.2, -0.15) is 0 Å². The van der Waals surface area contributed by atoms with Crippen molar-refractivity contribution in [3.63, 3.8) is 0 Å². The molecule has 6 atom stereocenters. The van der Waals surface area contributed by atoms with E-state index in [0.717, 1.165) is 37.0 Å². The third kappa shape index (κ3) is 3.20. The van der Waals surface area contributed by atoms with Gasteiger partial charge in [0, 0.05) is 34.2 Å². The lowest BCUT2D eigenvalue weighted by Crippen LogP contribution is -2.63. The highest BCUT2D eigenvalue weighted by Gasteiger charge is 2.60. The Bertz CT molecular complexity index is 676. The largest absolute Gasteiger partial charge is 0.477 e. The number of fused-ring (bicyclic) bond motifs is 1. The Morgan fingerprint density at radius 3 is 2.56 bits per heavy atom. The lowest BCUT2D eigenvalue weighted by molar-refractivity contribution is -0.163. The number of carboxylic acid groups (broad SMARTS) is 1. The summed E-state index contributed by atoms with van der Waals surface area (Å²) >= 11 is 1.62. The van der Waals surface area contributed by atoms with Crippen LogP contribution in [0.15, 0.2) is 10.6 Å². The molecule has 7 nitrogen and oxygen atoms in total. The molecular weight excluding hydrogens is 366 g/mol. The van der Waals surface area contributed by atoms with Crippen LogP contribution in [0.3, 0.4) is 0 Å². The van der Waals surface area contributed by atoms with Gasteiger partial charge in [0.1, 0.15) is 5.70 Å². The molecule has 4 rings (SSSR count). The highest BCUT2D eigenvalue weighted by atomic mass is 32.2. The Labute approximate surface area is 163 Å². The van der Waals surface area contributed by atoms with Gasteiger partial charge in [-0.25, -0.2) is 4.79 Å². The fourth-order valence-electron chi connectivity index (χ4n) is 5.16. The second-order valence-corrected chi connectivity index (χ2v) is 9.96. The Balaban J connectivity index is 1.39. The van der Waals surface area contributed by atoms with Gasteiger partial charge in [0.05, 0.1) is 18.1 Å². The molecule has 27 heavy (non-hydrogen) atoms. The first-order chi connectivity index (χ1) is 12.8. The maximum Gasteiger partial charge on any atom is 0.353 e. The van der Waals surface area contributed by atoms with Crippen molar-refractivity contribution in [2.75, 3.05) is 0 Å². The zero-order valence-corrected chi connectivity index (χ0v) is 16.6. The molecule has 0 aromatic heterocycles. The molecule has 0 bridgehead atoms. The van der Waals surface area contributed by atoms with Crippen LogP contribution in [-0.2, 0) is 9.59 Å². The average Bonchev–Trinajstić information content (AvgIpc) is 3.05. The summed E-state index contributed by atoms with van der Waals surface area (Å²) in [4.78, 5) is 26.4. The molecular formula is C19H29N3O4S. The molecule has 2 aliphatic carbocycles. The van der Waals surface area contributed by atoms with Crippen molar-refractivity contribution in [2.45, 2.75) is 81.5 Å². The molecule has 0 aromatic rings. The van der Waals surface area contributed by atoms with Crippen molar-refractivity contribution in [2.24, 2.45) is 17.6 Å². The van der Waals surface area contributed by atoms with Gasteiger partial charge in [0.25, 0.3) is 0 Å². The predicted molar refractivity (Wildman–Crippen MR) is 103 cm³/mol. The number of thioether (sulfide) groups is 1. The first-order valence-electron chi connectivity index (χ1n) is 9.94. The van der Waals surface area contributed by atoms with Crippen molar-refractivity contribution < 1.29 is 19.8 Å². The zero-order chi connectivity index (χ0) is 19.5. The summed E-state index contributed by atoms with van der Waals surface area (Å²) in [6.45, 7) is 3.58. The molecule has 2 aliphatic heterocycles. The van der Waals surface area contributed by atoms with Gasteiger partial charge in [-0.1, -0.05) is 6.92 Å². The first kappa shape index (κ1) is 19.2. The number of hydrogen-bond acceptors (Lipinski definition) is 6. The molecule has 0 aromatic carbocycles. The highest BCUT2D eigenvalue weighted by Crippen LogP contribution is 2.53. The summed E-state index contributed by atoms with van der Waals surface area (Å²) in [7, 11) is 0. The van der Waals surface area contributed by atoms with Crippen LogP contribution in [0.1, 0.15) is 46.0 Å². The predicted octanol–water partition coefficient (Wildman–Crippen LogP) is 0.874. The third-order valence-corrected chi connectivity index (χ3v) is 8.18. The third-order valence-electron chi connectivity index (χ3n) is 6.64. The maximum atomic E-state index is 12.4. The molecule has 0 unspecified atom stereocenters. The van der Waals surface area contributed by atoms with Crippen LogP contribution in [0.4, 0.5) is 0 Å². The Kier molecular flexibility index (Phi) is 5.03. The number of nitrogens with one attached hydrogen (secondary N) is 1. The molecule has 4 aliphatic rings. The van der Waals surface area contributed by atoms with E-state index in [-0.39, 0.29) is 23.6 Å². The number of nitrogens with two attached hydrogens (primary N) is 1. The van der Waals surface area contributed by atoms with E-state index in [1.165, 1.54) is 4.90 Å². The topological polar surface area (TPSA) is 116 Å². The van der Waals surface area contributed by atoms with E-state index in [1.807, 2.05) is 6.92 Å². The number of β-lactam (4-membered cyclic amide) rings is 1. The van der Waals surface area contributed by atoms with E-state index < -0.39 is 18.0 Å². The van der Waals surface area contributed by atoms with Gasteiger partial charge >= 0.3 is 5.97 Å². The molecule has 1 saturated heterocycles. The summed E-state index contributed by atoms with van der Waals surface area (Å²) in [5, 5.41) is 23.7. The fraction of sp³-hybridized carbons (Fsp3) is 0.789. The van der Waals surface area contributed by atoms with E-state index in [9.17, 15) is 19.8 Å². The molecule has 0 radical (unpaired) electrons. The quantitative estimate of drug-likeness (QED) is 0.493. The number of amides is 1. The van der Waals surface area contributed by atoms with E-state index in [1.54, 1.807) is 18.7 Å². The summed E-state index contributed by atoms with van der Waals surface area (Å²) in [5.74, 6) is -1.84. The summed E-state index contributed by atoms with van der Waals surface area (Å²) < 4.78 is 0. The van der Waals surface area contributed by atoms with Crippen molar-refractivity contribution in [3.8, 4) is 0 Å². The number of hydrogen-bond donors (Lipinski definition) is 4. The van der Waals surface area contributed by atoms with E-state index in [0.29, 0.717) is 23.4 Å². The fourth-order valence-corrected chi connectivity index (χ4v) is 6.82. The lowest BCUT2D eigenvalue weighted by atomic mass is 9.79. The number of carbonyl (C=O) groups is 2. The minimum atomic E-state index is -1.04. The molecule has 2 heterocycles. The lowest BCUT2D eigenvalue weighted by Gasteiger charge is -2.46. The van der Waals surface area contributed by atoms with Gasteiger partial charge in [-0.3, -0.25) is 4.79 Å². The average molecular weight is 396 g/mol. The van der Waals surface area contributed by atoms with Crippen LogP contribution in [-0.4, -0.2) is 62.5 Å². The van der Waals surface area contributed by atoms with Crippen LogP contribution in [0.2, 0.25) is 0 Å². The smallest absolute Gasteiger partial charge is 0.353 e. The van der Waals surface area contributed by atoms with Crippen molar-refractivity contribution in [3.05, 3.63) is 10.6 Å². The highest BCUT2D eigenvalue weighted by molar-refractivity contribution is 8.03. The molecule has 3 fully saturated rings. The number of carbonyl (C=O) groups excluding carboxylic acids is 1. The molecule has 150 valence electrons. The van der Waals surface area contributed by atoms with Gasteiger partial charge < -0.3 is 26.2 Å². The number of aliphatic hydroxyl groups is 1. The van der Waals surface area contributed by atoms with Crippen molar-refractivity contribution in [1.29, 1.82) is 0 Å². The van der Waals surface area contributed by atoms with Crippen LogP contribution in [0.25, 0.3) is 0 Å². The van der Waals surface area contributed by atoms with Crippen molar-refractivity contribution >= 4 is 23.6 Å². The molecule has 2 saturated carbocycles. The second-order valence-electron chi connectivity index (χ2n) is 8.62. The zero-order valence-electron chi connectivity index (χ0n) is 15.8. The van der Waals surface area contributed by atoms with Gasteiger partial charge in [-0.05, 0) is 39.0 Å². The van der Waals surface area contributed by atoms with E-state index in [2.05, 4.69) is 5.32 Å². The number of carboxylic acids is 1. The van der Waals surface area contributed by atoms with Crippen LogP contribution in [0, 0.1) is 11.8 Å². The molecule has 8 heteroatoms. The number of rotatable bonds is 6. The summed E-state index contributed by atoms with van der Waals surface area (Å²) in [6, 6.07) is 1.09. The van der Waals surface area contributed by atoms with Gasteiger partial charge in [0.15, 0.2) is 0 Å². The Morgan fingerprint density at radius 1 is 1.30 bits per heavy atom. The van der Waals surface area contributed by atoms with Crippen LogP contribution in [0.5, 0.6) is 0 Å². The Hall–Kier alpha value is -1.09. The second kappa shape index (κ2) is 7.06. The molecule has 1 amide bonds. The van der Waals surface area contributed by atoms with Crippen LogP contribution < -0.4 is 11.1 Å². The van der Waals surface area contributed by atoms with Crippen molar-refractivity contribution in [1.82, 2.24) is 10.2 Å². The SMILES string of the molecule is C[C@@H](O)[C@H]1C(=O)N2C(C(=O)O)=C(S[C@H]3C[C@H](N[C@@H]4CC[C@H](N)C4)C3)[C@H](C)[C@H]12. The number of nitrogens with zero attached hydrogens (tertiary/aromatic N) is 1.